The second kappa shape index (κ2) is 5.96. The van der Waals surface area contributed by atoms with Crippen LogP contribution < -0.4 is 0 Å². The van der Waals surface area contributed by atoms with Crippen molar-refractivity contribution in [1.29, 1.82) is 0 Å². The van der Waals surface area contributed by atoms with Crippen LogP contribution in [0.25, 0.3) is 0 Å². The van der Waals surface area contributed by atoms with Gasteiger partial charge in [0.1, 0.15) is 0 Å². The Balaban J connectivity index is 3.32. The molecule has 0 bridgehead atoms. The van der Waals surface area contributed by atoms with Crippen LogP contribution in [0.1, 0.15) is 26.3 Å². The highest BCUT2D eigenvalue weighted by atomic mass is 16.4. The number of aromatic carboxylic acids is 1. The molecule has 4 heteroatoms. The second-order valence-electron chi connectivity index (χ2n) is 3.43. The topological polar surface area (TPSA) is 57.6 Å². The van der Waals surface area contributed by atoms with E-state index >= 15 is 0 Å². The van der Waals surface area contributed by atoms with Crippen LogP contribution in [0, 0.1) is 37.2 Å². The SMILES string of the molecule is C#CCN(C#C)C(=O)c1ccc(C#C)cc1C(=O)O. The number of hydrogen-bond acceptors (Lipinski definition) is 2. The van der Waals surface area contributed by atoms with Gasteiger partial charge in [0.2, 0.25) is 0 Å². The molecule has 4 nitrogen and oxygen atoms in total. The summed E-state index contributed by atoms with van der Waals surface area (Å²) in [5.74, 6) is 2.60. The molecule has 0 atom stereocenters. The van der Waals surface area contributed by atoms with E-state index in [-0.39, 0.29) is 17.7 Å². The number of rotatable bonds is 3. The van der Waals surface area contributed by atoms with Gasteiger partial charge in [-0.1, -0.05) is 18.3 Å². The molecule has 0 spiro atoms. The maximum atomic E-state index is 12.1. The molecular formula is C15H9NO3. The highest BCUT2D eigenvalue weighted by Gasteiger charge is 2.20. The lowest BCUT2D eigenvalue weighted by atomic mass is 10.0. The maximum Gasteiger partial charge on any atom is 0.336 e. The summed E-state index contributed by atoms with van der Waals surface area (Å²) >= 11 is 0. The van der Waals surface area contributed by atoms with Crippen molar-refractivity contribution in [3.8, 4) is 37.2 Å². The molecule has 1 rings (SSSR count). The van der Waals surface area contributed by atoms with Gasteiger partial charge in [-0.25, -0.2) is 4.79 Å². The fourth-order valence-corrected chi connectivity index (χ4v) is 1.41. The first-order valence-corrected chi connectivity index (χ1v) is 5.10. The second-order valence-corrected chi connectivity index (χ2v) is 3.43. The average Bonchev–Trinajstić information content (AvgIpc) is 2.43. The lowest BCUT2D eigenvalue weighted by Crippen LogP contribution is -2.28. The predicted octanol–water partition coefficient (Wildman–Crippen LogP) is 1.03. The Kier molecular flexibility index (Phi) is 4.36. The number of carboxylic acids is 1. The van der Waals surface area contributed by atoms with E-state index in [2.05, 4.69) is 17.9 Å². The van der Waals surface area contributed by atoms with E-state index in [0.717, 1.165) is 4.90 Å². The summed E-state index contributed by atoms with van der Waals surface area (Å²) in [6, 6.07) is 6.12. The number of amides is 1. The van der Waals surface area contributed by atoms with Crippen LogP contribution in [0.15, 0.2) is 18.2 Å². The van der Waals surface area contributed by atoms with Crippen LogP contribution >= 0.6 is 0 Å². The zero-order valence-electron chi connectivity index (χ0n) is 9.88. The van der Waals surface area contributed by atoms with E-state index < -0.39 is 11.9 Å². The first-order valence-electron chi connectivity index (χ1n) is 5.10. The third-order valence-corrected chi connectivity index (χ3v) is 2.30. The van der Waals surface area contributed by atoms with Crippen LogP contribution in [0.3, 0.4) is 0 Å². The Morgan fingerprint density at radius 3 is 2.37 bits per heavy atom. The van der Waals surface area contributed by atoms with Gasteiger partial charge in [-0.3, -0.25) is 9.69 Å². The number of hydrogen-bond donors (Lipinski definition) is 1. The number of terminal acetylenes is 3. The molecule has 1 aromatic rings. The van der Waals surface area contributed by atoms with Crippen LogP contribution in [0.2, 0.25) is 0 Å². The van der Waals surface area contributed by atoms with Crippen LogP contribution in [0.5, 0.6) is 0 Å². The first kappa shape index (κ1) is 13.9. The maximum absolute atomic E-state index is 12.1. The van der Waals surface area contributed by atoms with Gasteiger partial charge in [0, 0.05) is 11.6 Å². The molecule has 0 aliphatic carbocycles. The molecule has 1 aromatic carbocycles. The van der Waals surface area contributed by atoms with Crippen molar-refractivity contribution in [2.24, 2.45) is 0 Å². The van der Waals surface area contributed by atoms with Crippen molar-refractivity contribution in [2.75, 3.05) is 6.54 Å². The minimum atomic E-state index is -1.27. The number of nitrogens with zero attached hydrogens (tertiary/aromatic N) is 1. The fraction of sp³-hybridized carbons (Fsp3) is 0.0667. The van der Waals surface area contributed by atoms with Crippen LogP contribution in [-0.2, 0) is 0 Å². The van der Waals surface area contributed by atoms with Gasteiger partial charge in [0.05, 0.1) is 17.7 Å². The summed E-state index contributed by atoms with van der Waals surface area (Å²) in [5, 5.41) is 9.09. The van der Waals surface area contributed by atoms with Crippen molar-refractivity contribution < 1.29 is 14.7 Å². The normalized spacial score (nSPS) is 8.68. The third kappa shape index (κ3) is 2.94. The highest BCUT2D eigenvalue weighted by Crippen LogP contribution is 2.14. The molecule has 0 heterocycles. The van der Waals surface area contributed by atoms with Gasteiger partial charge in [-0.15, -0.1) is 12.8 Å². The zero-order chi connectivity index (χ0) is 14.4. The molecule has 0 aliphatic heterocycles. The smallest absolute Gasteiger partial charge is 0.336 e. The van der Waals surface area contributed by atoms with Crippen LogP contribution in [0.4, 0.5) is 0 Å². The molecule has 92 valence electrons. The molecule has 0 unspecified atom stereocenters. The fourth-order valence-electron chi connectivity index (χ4n) is 1.41. The Labute approximate surface area is 111 Å². The van der Waals surface area contributed by atoms with E-state index in [9.17, 15) is 9.59 Å². The van der Waals surface area contributed by atoms with Crippen molar-refractivity contribution in [1.82, 2.24) is 4.90 Å². The van der Waals surface area contributed by atoms with Gasteiger partial charge in [0.15, 0.2) is 0 Å². The molecular weight excluding hydrogens is 242 g/mol. The number of carbonyl (C=O) groups excluding carboxylic acids is 1. The minimum absolute atomic E-state index is 0.0558. The third-order valence-electron chi connectivity index (χ3n) is 2.30. The van der Waals surface area contributed by atoms with Gasteiger partial charge in [-0.05, 0) is 18.2 Å². The quantitative estimate of drug-likeness (QED) is 0.645. The molecule has 0 aromatic heterocycles. The van der Waals surface area contributed by atoms with E-state index in [1.54, 1.807) is 0 Å². The lowest BCUT2D eigenvalue weighted by Gasteiger charge is -2.14. The molecule has 0 saturated carbocycles. The summed E-state index contributed by atoms with van der Waals surface area (Å²) < 4.78 is 0. The van der Waals surface area contributed by atoms with Gasteiger partial charge in [0.25, 0.3) is 5.91 Å². The number of carboxylic acid groups (broad SMARTS) is 1. The lowest BCUT2D eigenvalue weighted by molar-refractivity contribution is 0.0686. The molecule has 1 amide bonds. The predicted molar refractivity (Wildman–Crippen MR) is 70.0 cm³/mol. The number of benzene rings is 1. The van der Waals surface area contributed by atoms with Crippen molar-refractivity contribution in [3.63, 3.8) is 0 Å². The molecule has 1 N–H and O–H groups in total. The first-order chi connectivity index (χ1) is 9.04. The Morgan fingerprint density at radius 1 is 1.21 bits per heavy atom. The molecule has 0 radical (unpaired) electrons. The van der Waals surface area contributed by atoms with Gasteiger partial charge in [-0.2, -0.15) is 0 Å². The molecule has 0 fully saturated rings. The Morgan fingerprint density at radius 2 is 1.89 bits per heavy atom. The van der Waals surface area contributed by atoms with Gasteiger partial charge < -0.3 is 5.11 Å². The summed E-state index contributed by atoms with van der Waals surface area (Å²) in [7, 11) is 0. The molecule has 0 aliphatic rings. The highest BCUT2D eigenvalue weighted by molar-refractivity contribution is 6.05. The average molecular weight is 251 g/mol. The molecule has 0 saturated heterocycles. The van der Waals surface area contributed by atoms with E-state index in [0.29, 0.717) is 5.56 Å². The van der Waals surface area contributed by atoms with Crippen molar-refractivity contribution >= 4 is 11.9 Å². The van der Waals surface area contributed by atoms with Gasteiger partial charge >= 0.3 is 5.97 Å². The monoisotopic (exact) mass is 251 g/mol. The van der Waals surface area contributed by atoms with Crippen molar-refractivity contribution in [3.05, 3.63) is 34.9 Å². The molecule has 19 heavy (non-hydrogen) atoms. The largest absolute Gasteiger partial charge is 0.478 e. The Hall–Kier alpha value is -3.16. The standard InChI is InChI=1S/C15H9NO3/c1-4-9-16(6-3)14(17)12-8-7-11(5-2)10-13(12)15(18)19/h1-3,7-8,10H,9H2,(H,18,19). The number of carbonyl (C=O) groups is 2. The van der Waals surface area contributed by atoms with E-state index in [1.165, 1.54) is 18.2 Å². The minimum Gasteiger partial charge on any atom is -0.478 e. The van der Waals surface area contributed by atoms with Crippen LogP contribution in [-0.4, -0.2) is 28.4 Å². The summed E-state index contributed by atoms with van der Waals surface area (Å²) in [6.45, 7) is -0.106. The van der Waals surface area contributed by atoms with Crippen molar-refractivity contribution in [2.45, 2.75) is 0 Å². The zero-order valence-corrected chi connectivity index (χ0v) is 9.88. The summed E-state index contributed by atoms with van der Waals surface area (Å²) in [5.41, 5.74) is 0.0931. The van der Waals surface area contributed by atoms with E-state index in [4.69, 9.17) is 24.4 Å². The Bertz CT molecular complexity index is 653. The summed E-state index contributed by atoms with van der Waals surface area (Å²) in [4.78, 5) is 24.1. The summed E-state index contributed by atoms with van der Waals surface area (Å²) in [6.07, 6.45) is 15.4. The van der Waals surface area contributed by atoms with E-state index in [1.807, 2.05) is 0 Å².